The Morgan fingerprint density at radius 1 is 1.14 bits per heavy atom. The van der Waals surface area contributed by atoms with Crippen molar-refractivity contribution >= 4 is 5.91 Å². The van der Waals surface area contributed by atoms with Crippen LogP contribution in [0.15, 0.2) is 42.5 Å². The van der Waals surface area contributed by atoms with E-state index in [2.05, 4.69) is 37.4 Å². The molecule has 22 heavy (non-hydrogen) atoms. The summed E-state index contributed by atoms with van der Waals surface area (Å²) in [5, 5.41) is 3.04. The molecule has 0 aliphatic heterocycles. The molecule has 0 heterocycles. The fraction of sp³-hybridized carbons (Fsp3) is 0.316. The molecule has 0 aromatic heterocycles. The number of carbonyl (C=O) groups is 1. The number of hydrogen-bond donors (Lipinski definition) is 1. The summed E-state index contributed by atoms with van der Waals surface area (Å²) in [5.41, 5.74) is 4.20. The molecule has 0 spiro atoms. The van der Waals surface area contributed by atoms with Crippen LogP contribution in [0, 0.1) is 13.8 Å². The van der Waals surface area contributed by atoms with E-state index < -0.39 is 0 Å². The Bertz CT molecular complexity index is 647. The van der Waals surface area contributed by atoms with Crippen molar-refractivity contribution in [2.75, 3.05) is 6.61 Å². The highest BCUT2D eigenvalue weighted by Gasteiger charge is 2.13. The van der Waals surface area contributed by atoms with E-state index in [0.717, 1.165) is 11.3 Å². The summed E-state index contributed by atoms with van der Waals surface area (Å²) >= 11 is 0. The van der Waals surface area contributed by atoms with Gasteiger partial charge in [0.2, 0.25) is 0 Å². The molecule has 0 saturated carbocycles. The van der Waals surface area contributed by atoms with Gasteiger partial charge in [0, 0.05) is 5.56 Å². The fourth-order valence-electron chi connectivity index (χ4n) is 2.54. The molecule has 0 aliphatic rings. The average molecular weight is 297 g/mol. The van der Waals surface area contributed by atoms with Crippen LogP contribution < -0.4 is 10.1 Å². The van der Waals surface area contributed by atoms with Crippen LogP contribution in [0.2, 0.25) is 0 Å². The molecule has 2 aromatic rings. The van der Waals surface area contributed by atoms with Crippen LogP contribution in [-0.4, -0.2) is 12.5 Å². The van der Waals surface area contributed by atoms with Gasteiger partial charge in [-0.3, -0.25) is 4.79 Å². The third-order valence-electron chi connectivity index (χ3n) is 3.67. The Labute approximate surface area is 132 Å². The molecule has 2 rings (SSSR count). The van der Waals surface area contributed by atoms with Crippen LogP contribution in [-0.2, 0) is 0 Å². The third-order valence-corrected chi connectivity index (χ3v) is 3.67. The smallest absolute Gasteiger partial charge is 0.251 e. The predicted molar refractivity (Wildman–Crippen MR) is 89.4 cm³/mol. The molecular formula is C19H23NO2. The molecule has 0 unspecified atom stereocenters. The van der Waals surface area contributed by atoms with Crippen molar-refractivity contribution in [3.63, 3.8) is 0 Å². The second-order valence-electron chi connectivity index (χ2n) is 5.51. The fourth-order valence-corrected chi connectivity index (χ4v) is 2.54. The molecule has 1 atom stereocenters. The molecule has 1 amide bonds. The lowest BCUT2D eigenvalue weighted by Gasteiger charge is -2.17. The van der Waals surface area contributed by atoms with E-state index >= 15 is 0 Å². The van der Waals surface area contributed by atoms with E-state index in [-0.39, 0.29) is 11.9 Å². The van der Waals surface area contributed by atoms with E-state index in [4.69, 9.17) is 4.74 Å². The molecule has 0 radical (unpaired) electrons. The highest BCUT2D eigenvalue weighted by molar-refractivity contribution is 5.94. The van der Waals surface area contributed by atoms with E-state index in [1.54, 1.807) is 12.1 Å². The molecule has 3 heteroatoms. The number of ether oxygens (including phenoxy) is 1. The van der Waals surface area contributed by atoms with Crippen LogP contribution in [0.25, 0.3) is 0 Å². The maximum absolute atomic E-state index is 12.3. The number of rotatable bonds is 5. The van der Waals surface area contributed by atoms with Gasteiger partial charge in [-0.1, -0.05) is 23.8 Å². The summed E-state index contributed by atoms with van der Waals surface area (Å²) in [7, 11) is 0. The lowest BCUT2D eigenvalue weighted by atomic mass is 10.00. The number of benzene rings is 2. The molecule has 0 bridgehead atoms. The minimum absolute atomic E-state index is 0.0281. The molecule has 116 valence electrons. The molecular weight excluding hydrogens is 274 g/mol. The van der Waals surface area contributed by atoms with Crippen LogP contribution in [0.4, 0.5) is 0 Å². The maximum Gasteiger partial charge on any atom is 0.251 e. The summed E-state index contributed by atoms with van der Waals surface area (Å²) in [6.07, 6.45) is 0. The Hall–Kier alpha value is -2.29. The molecule has 0 saturated heterocycles. The number of hydrogen-bond acceptors (Lipinski definition) is 2. The first-order valence-electron chi connectivity index (χ1n) is 7.62. The summed E-state index contributed by atoms with van der Waals surface area (Å²) < 4.78 is 5.39. The van der Waals surface area contributed by atoms with Gasteiger partial charge in [0.25, 0.3) is 5.91 Å². The van der Waals surface area contributed by atoms with Gasteiger partial charge in [0.05, 0.1) is 12.6 Å². The normalized spacial score (nSPS) is 11.8. The van der Waals surface area contributed by atoms with Crippen molar-refractivity contribution in [3.8, 4) is 5.75 Å². The summed E-state index contributed by atoms with van der Waals surface area (Å²) in [6, 6.07) is 13.5. The zero-order valence-corrected chi connectivity index (χ0v) is 13.6. The first-order chi connectivity index (χ1) is 10.5. The van der Waals surface area contributed by atoms with Gasteiger partial charge >= 0.3 is 0 Å². The standard InChI is InChI=1S/C19H23NO2/c1-5-22-17-9-7-16(8-10-17)19(21)20-15(4)18-11-6-13(2)12-14(18)3/h6-12,15H,5H2,1-4H3,(H,20,21)/t15-/m0/s1. The third kappa shape index (κ3) is 3.88. The molecule has 3 nitrogen and oxygen atoms in total. The van der Waals surface area contributed by atoms with Gasteiger partial charge in [-0.05, 0) is 63.1 Å². The SMILES string of the molecule is CCOc1ccc(C(=O)N[C@@H](C)c2ccc(C)cc2C)cc1. The van der Waals surface area contributed by atoms with Crippen LogP contribution in [0.3, 0.4) is 0 Å². The lowest BCUT2D eigenvalue weighted by Crippen LogP contribution is -2.27. The highest BCUT2D eigenvalue weighted by atomic mass is 16.5. The van der Waals surface area contributed by atoms with E-state index in [9.17, 15) is 4.79 Å². The van der Waals surface area contributed by atoms with E-state index in [0.29, 0.717) is 12.2 Å². The molecule has 0 aliphatic carbocycles. The Kier molecular flexibility index (Phi) is 5.21. The number of carbonyl (C=O) groups excluding carboxylic acids is 1. The van der Waals surface area contributed by atoms with Crippen LogP contribution in [0.1, 0.15) is 46.9 Å². The zero-order valence-electron chi connectivity index (χ0n) is 13.6. The summed E-state index contributed by atoms with van der Waals surface area (Å²) in [4.78, 5) is 12.3. The van der Waals surface area contributed by atoms with E-state index in [1.165, 1.54) is 11.1 Å². The van der Waals surface area contributed by atoms with Crippen molar-refractivity contribution < 1.29 is 9.53 Å². The second-order valence-corrected chi connectivity index (χ2v) is 5.51. The van der Waals surface area contributed by atoms with Crippen molar-refractivity contribution in [1.29, 1.82) is 0 Å². The Morgan fingerprint density at radius 2 is 1.82 bits per heavy atom. The lowest BCUT2D eigenvalue weighted by molar-refractivity contribution is 0.0940. The van der Waals surface area contributed by atoms with Gasteiger partial charge in [-0.15, -0.1) is 0 Å². The minimum Gasteiger partial charge on any atom is -0.494 e. The van der Waals surface area contributed by atoms with Gasteiger partial charge in [0.1, 0.15) is 5.75 Å². The minimum atomic E-state index is -0.0736. The van der Waals surface area contributed by atoms with Gasteiger partial charge in [0.15, 0.2) is 0 Å². The molecule has 2 aromatic carbocycles. The summed E-state index contributed by atoms with van der Waals surface area (Å²) in [6.45, 7) is 8.70. The first-order valence-corrected chi connectivity index (χ1v) is 7.62. The largest absolute Gasteiger partial charge is 0.494 e. The summed E-state index contributed by atoms with van der Waals surface area (Å²) in [5.74, 6) is 0.706. The molecule has 0 fully saturated rings. The van der Waals surface area contributed by atoms with Gasteiger partial charge in [-0.25, -0.2) is 0 Å². The maximum atomic E-state index is 12.3. The molecule has 1 N–H and O–H groups in total. The number of amides is 1. The average Bonchev–Trinajstić information content (AvgIpc) is 2.48. The highest BCUT2D eigenvalue weighted by Crippen LogP contribution is 2.19. The van der Waals surface area contributed by atoms with Gasteiger partial charge in [-0.2, -0.15) is 0 Å². The Morgan fingerprint density at radius 3 is 2.41 bits per heavy atom. The van der Waals surface area contributed by atoms with Gasteiger partial charge < -0.3 is 10.1 Å². The van der Waals surface area contributed by atoms with Crippen molar-refractivity contribution in [2.24, 2.45) is 0 Å². The number of nitrogens with one attached hydrogen (secondary N) is 1. The predicted octanol–water partition coefficient (Wildman–Crippen LogP) is 4.19. The zero-order chi connectivity index (χ0) is 16.1. The first kappa shape index (κ1) is 16.1. The van der Waals surface area contributed by atoms with Crippen molar-refractivity contribution in [1.82, 2.24) is 5.32 Å². The number of aryl methyl sites for hydroxylation is 2. The topological polar surface area (TPSA) is 38.3 Å². The Balaban J connectivity index is 2.07. The van der Waals surface area contributed by atoms with Crippen LogP contribution in [0.5, 0.6) is 5.75 Å². The van der Waals surface area contributed by atoms with Crippen molar-refractivity contribution in [2.45, 2.75) is 33.7 Å². The van der Waals surface area contributed by atoms with E-state index in [1.807, 2.05) is 26.0 Å². The quantitative estimate of drug-likeness (QED) is 0.898. The monoisotopic (exact) mass is 297 g/mol. The second kappa shape index (κ2) is 7.12. The van der Waals surface area contributed by atoms with Crippen molar-refractivity contribution in [3.05, 3.63) is 64.7 Å². The van der Waals surface area contributed by atoms with Crippen LogP contribution >= 0.6 is 0 Å².